The Hall–Kier alpha value is -2.11. The van der Waals surface area contributed by atoms with E-state index in [1.54, 1.807) is 7.11 Å². The van der Waals surface area contributed by atoms with E-state index < -0.39 is 0 Å². The molecule has 0 saturated carbocycles. The fourth-order valence-corrected chi connectivity index (χ4v) is 3.18. The molecule has 0 amide bonds. The summed E-state index contributed by atoms with van der Waals surface area (Å²) in [6.45, 7) is 4.24. The number of hydrogen-bond donors (Lipinski definition) is 2. The number of likely N-dealkylation sites (tertiary alicyclic amines) is 1. The highest BCUT2D eigenvalue weighted by Gasteiger charge is 2.11. The number of thiocarbonyl (C=S) groups is 1. The zero-order valence-corrected chi connectivity index (χ0v) is 15.4. The molecule has 0 aromatic heterocycles. The van der Waals surface area contributed by atoms with Crippen LogP contribution in [0.1, 0.15) is 24.0 Å². The van der Waals surface area contributed by atoms with Crippen molar-refractivity contribution in [1.29, 1.82) is 0 Å². The molecule has 1 heterocycles. The first-order valence-electron chi connectivity index (χ1n) is 8.72. The van der Waals surface area contributed by atoms with Gasteiger partial charge in [-0.05, 0) is 73.5 Å². The normalized spacial score (nSPS) is 14.3. The van der Waals surface area contributed by atoms with E-state index in [2.05, 4.69) is 39.8 Å². The van der Waals surface area contributed by atoms with Crippen LogP contribution < -0.4 is 15.4 Å². The lowest BCUT2D eigenvalue weighted by Crippen LogP contribution is -2.27. The molecule has 2 N–H and O–H groups in total. The lowest BCUT2D eigenvalue weighted by Gasteiger charge is -2.15. The maximum Gasteiger partial charge on any atom is 0.171 e. The molecule has 1 saturated heterocycles. The molecule has 2 aromatic rings. The molecule has 5 heteroatoms. The third kappa shape index (κ3) is 5.44. The topological polar surface area (TPSA) is 36.5 Å². The zero-order valence-electron chi connectivity index (χ0n) is 14.6. The molecule has 0 atom stereocenters. The van der Waals surface area contributed by atoms with Gasteiger partial charge in [0.15, 0.2) is 5.11 Å². The van der Waals surface area contributed by atoms with E-state index in [0.717, 1.165) is 18.0 Å². The molecule has 0 spiro atoms. The van der Waals surface area contributed by atoms with Gasteiger partial charge in [-0.1, -0.05) is 24.3 Å². The third-order valence-electron chi connectivity index (χ3n) is 4.43. The van der Waals surface area contributed by atoms with E-state index in [0.29, 0.717) is 11.7 Å². The van der Waals surface area contributed by atoms with Gasteiger partial charge >= 0.3 is 0 Å². The van der Waals surface area contributed by atoms with Crippen molar-refractivity contribution in [2.45, 2.75) is 25.9 Å². The van der Waals surface area contributed by atoms with Crippen molar-refractivity contribution in [3.63, 3.8) is 0 Å². The summed E-state index contributed by atoms with van der Waals surface area (Å²) in [5.41, 5.74) is 3.55. The Kier molecular flexibility index (Phi) is 6.25. The van der Waals surface area contributed by atoms with Crippen molar-refractivity contribution >= 4 is 23.0 Å². The van der Waals surface area contributed by atoms with Crippen molar-refractivity contribution in [2.24, 2.45) is 0 Å². The average molecular weight is 356 g/mol. The number of nitrogens with zero attached hydrogens (tertiary/aromatic N) is 1. The molecule has 0 radical (unpaired) electrons. The van der Waals surface area contributed by atoms with Crippen molar-refractivity contribution < 1.29 is 4.74 Å². The molecule has 1 aliphatic rings. The molecule has 2 aromatic carbocycles. The molecular formula is C20H25N3OS. The summed E-state index contributed by atoms with van der Waals surface area (Å²) in [6, 6.07) is 16.5. The van der Waals surface area contributed by atoms with Gasteiger partial charge in [0.05, 0.1) is 7.11 Å². The number of nitrogens with one attached hydrogen (secondary N) is 2. The van der Waals surface area contributed by atoms with Crippen LogP contribution in [-0.2, 0) is 13.1 Å². The Morgan fingerprint density at radius 3 is 2.28 bits per heavy atom. The summed E-state index contributed by atoms with van der Waals surface area (Å²) in [4.78, 5) is 2.52. The third-order valence-corrected chi connectivity index (χ3v) is 4.68. The molecule has 25 heavy (non-hydrogen) atoms. The van der Waals surface area contributed by atoms with Gasteiger partial charge in [0.25, 0.3) is 0 Å². The number of ether oxygens (including phenoxy) is 1. The molecule has 0 bridgehead atoms. The molecule has 0 unspecified atom stereocenters. The largest absolute Gasteiger partial charge is 0.497 e. The second-order valence-electron chi connectivity index (χ2n) is 6.34. The van der Waals surface area contributed by atoms with Gasteiger partial charge in [0.2, 0.25) is 0 Å². The van der Waals surface area contributed by atoms with Crippen LogP contribution in [0, 0.1) is 0 Å². The summed E-state index contributed by atoms with van der Waals surface area (Å²) < 4.78 is 5.15. The van der Waals surface area contributed by atoms with Gasteiger partial charge in [-0.2, -0.15) is 0 Å². The minimum Gasteiger partial charge on any atom is -0.497 e. The molecule has 1 aliphatic heterocycles. The van der Waals surface area contributed by atoms with Crippen molar-refractivity contribution in [3.8, 4) is 5.75 Å². The maximum absolute atomic E-state index is 5.36. The van der Waals surface area contributed by atoms with E-state index in [1.807, 2.05) is 24.3 Å². The number of rotatable bonds is 6. The molecule has 0 aliphatic carbocycles. The Bertz CT molecular complexity index is 679. The van der Waals surface area contributed by atoms with Crippen LogP contribution in [0.15, 0.2) is 48.5 Å². The van der Waals surface area contributed by atoms with Crippen LogP contribution in [0.3, 0.4) is 0 Å². The number of methoxy groups -OCH3 is 1. The number of benzene rings is 2. The highest BCUT2D eigenvalue weighted by molar-refractivity contribution is 7.80. The van der Waals surface area contributed by atoms with Crippen LogP contribution in [0.2, 0.25) is 0 Å². The summed E-state index contributed by atoms with van der Waals surface area (Å²) in [5.74, 6) is 0.832. The average Bonchev–Trinajstić information content (AvgIpc) is 3.15. The summed E-state index contributed by atoms with van der Waals surface area (Å²) in [6.07, 6.45) is 2.67. The SMILES string of the molecule is COc1ccc(NC(=S)NCc2ccc(CN3CCCC3)cc2)cc1. The summed E-state index contributed by atoms with van der Waals surface area (Å²) in [5, 5.41) is 7.05. The highest BCUT2D eigenvalue weighted by atomic mass is 32.1. The predicted molar refractivity (Wildman–Crippen MR) is 107 cm³/mol. The lowest BCUT2D eigenvalue weighted by atomic mass is 10.1. The lowest BCUT2D eigenvalue weighted by molar-refractivity contribution is 0.331. The van der Waals surface area contributed by atoms with E-state index in [1.165, 1.54) is 37.1 Å². The maximum atomic E-state index is 5.36. The summed E-state index contributed by atoms with van der Waals surface area (Å²) >= 11 is 5.36. The van der Waals surface area contributed by atoms with Crippen LogP contribution in [-0.4, -0.2) is 30.2 Å². The van der Waals surface area contributed by atoms with Gasteiger partial charge in [-0.25, -0.2) is 0 Å². The monoisotopic (exact) mass is 355 g/mol. The van der Waals surface area contributed by atoms with Crippen molar-refractivity contribution in [3.05, 3.63) is 59.7 Å². The van der Waals surface area contributed by atoms with Crippen LogP contribution in [0.4, 0.5) is 5.69 Å². The fourth-order valence-electron chi connectivity index (χ4n) is 2.99. The first-order valence-corrected chi connectivity index (χ1v) is 9.13. The van der Waals surface area contributed by atoms with Gasteiger partial charge in [0, 0.05) is 18.8 Å². The molecule has 4 nitrogen and oxygen atoms in total. The standard InChI is InChI=1S/C20H25N3OS/c1-24-19-10-8-18(9-11-19)22-20(25)21-14-16-4-6-17(7-5-16)15-23-12-2-3-13-23/h4-11H,2-3,12-15H2,1H3,(H2,21,22,25). The number of anilines is 1. The fraction of sp³-hybridized carbons (Fsp3) is 0.350. The first kappa shape index (κ1) is 17.7. The van der Waals surface area contributed by atoms with E-state index >= 15 is 0 Å². The van der Waals surface area contributed by atoms with E-state index in [4.69, 9.17) is 17.0 Å². The van der Waals surface area contributed by atoms with E-state index in [-0.39, 0.29) is 0 Å². The Balaban J connectivity index is 1.44. The van der Waals surface area contributed by atoms with Crippen LogP contribution >= 0.6 is 12.2 Å². The van der Waals surface area contributed by atoms with Crippen LogP contribution in [0.5, 0.6) is 5.75 Å². The molecule has 132 valence electrons. The first-order chi connectivity index (χ1) is 12.2. The smallest absolute Gasteiger partial charge is 0.171 e. The minimum absolute atomic E-state index is 0.617. The second-order valence-corrected chi connectivity index (χ2v) is 6.74. The highest BCUT2D eigenvalue weighted by Crippen LogP contribution is 2.15. The van der Waals surface area contributed by atoms with Crippen molar-refractivity contribution in [1.82, 2.24) is 10.2 Å². The van der Waals surface area contributed by atoms with Gasteiger partial charge < -0.3 is 15.4 Å². The minimum atomic E-state index is 0.617. The second kappa shape index (κ2) is 8.83. The Morgan fingerprint density at radius 1 is 1.00 bits per heavy atom. The molecule has 1 fully saturated rings. The quantitative estimate of drug-likeness (QED) is 0.771. The predicted octanol–water partition coefficient (Wildman–Crippen LogP) is 3.78. The Morgan fingerprint density at radius 2 is 1.64 bits per heavy atom. The summed E-state index contributed by atoms with van der Waals surface area (Å²) in [7, 11) is 1.66. The van der Waals surface area contributed by atoms with Crippen LogP contribution in [0.25, 0.3) is 0 Å². The van der Waals surface area contributed by atoms with E-state index in [9.17, 15) is 0 Å². The van der Waals surface area contributed by atoms with Gasteiger partial charge in [-0.3, -0.25) is 4.90 Å². The number of hydrogen-bond acceptors (Lipinski definition) is 3. The molecule has 3 rings (SSSR count). The van der Waals surface area contributed by atoms with Gasteiger partial charge in [-0.15, -0.1) is 0 Å². The Labute approximate surface area is 155 Å². The van der Waals surface area contributed by atoms with Crippen molar-refractivity contribution in [2.75, 3.05) is 25.5 Å². The molecular weight excluding hydrogens is 330 g/mol. The van der Waals surface area contributed by atoms with Gasteiger partial charge in [0.1, 0.15) is 5.75 Å². The zero-order chi connectivity index (χ0) is 17.5.